The zero-order valence-electron chi connectivity index (χ0n) is 21.0. The molecule has 0 saturated carbocycles. The van der Waals surface area contributed by atoms with E-state index in [1.54, 1.807) is 12.2 Å². The van der Waals surface area contributed by atoms with Gasteiger partial charge in [0.25, 0.3) is 5.91 Å². The lowest BCUT2D eigenvalue weighted by atomic mass is 10.0. The molecule has 2 aliphatic heterocycles. The first-order valence-electron chi connectivity index (χ1n) is 12.4. The van der Waals surface area contributed by atoms with E-state index in [-0.39, 0.29) is 29.3 Å². The number of hydrogen-bond donors (Lipinski definition) is 2. The van der Waals surface area contributed by atoms with E-state index in [0.29, 0.717) is 5.57 Å². The van der Waals surface area contributed by atoms with Gasteiger partial charge >= 0.3 is 5.97 Å². The summed E-state index contributed by atoms with van der Waals surface area (Å²) in [6.45, 7) is 8.41. The van der Waals surface area contributed by atoms with Crippen molar-refractivity contribution in [3.05, 3.63) is 93.9 Å². The Labute approximate surface area is 221 Å². The maximum Gasteiger partial charge on any atom is 0.335 e. The second-order valence-corrected chi connectivity index (χ2v) is 10.00. The van der Waals surface area contributed by atoms with Gasteiger partial charge in [-0.2, -0.15) is 0 Å². The lowest BCUT2D eigenvalue weighted by Gasteiger charge is -2.46. The van der Waals surface area contributed by atoms with E-state index >= 15 is 0 Å². The van der Waals surface area contributed by atoms with Gasteiger partial charge in [-0.15, -0.1) is 0 Å². The van der Waals surface area contributed by atoms with Crippen molar-refractivity contribution in [3.8, 4) is 0 Å². The highest BCUT2D eigenvalue weighted by Gasteiger charge is 2.35. The number of piperazine rings is 1. The molecule has 0 bridgehead atoms. The van der Waals surface area contributed by atoms with Crippen LogP contribution < -0.4 is 5.32 Å². The Hall–Kier alpha value is -3.20. The summed E-state index contributed by atoms with van der Waals surface area (Å²) in [5.74, 6) is -2.07. The van der Waals surface area contributed by atoms with Crippen molar-refractivity contribution in [2.24, 2.45) is 0 Å². The molecule has 0 radical (unpaired) electrons. The van der Waals surface area contributed by atoms with E-state index in [1.807, 2.05) is 30.5 Å². The van der Waals surface area contributed by atoms with Gasteiger partial charge in [-0.25, -0.2) is 9.18 Å². The van der Waals surface area contributed by atoms with Crippen LogP contribution in [0.2, 0.25) is 5.02 Å². The lowest BCUT2D eigenvalue weighted by molar-refractivity contribution is -0.134. The van der Waals surface area contributed by atoms with Crippen LogP contribution in [0.4, 0.5) is 4.39 Å². The number of aliphatic carboxylic acids is 1. The minimum absolute atomic E-state index is 0.0833. The first kappa shape index (κ1) is 26.9. The molecule has 2 aromatic rings. The van der Waals surface area contributed by atoms with E-state index in [2.05, 4.69) is 33.9 Å². The summed E-state index contributed by atoms with van der Waals surface area (Å²) in [6, 6.07) is 12.3. The molecule has 2 aliphatic rings. The number of carbonyl (C=O) groups is 2. The van der Waals surface area contributed by atoms with Crippen molar-refractivity contribution in [2.75, 3.05) is 26.2 Å². The number of carboxylic acids is 1. The van der Waals surface area contributed by atoms with Gasteiger partial charge in [-0.05, 0) is 49.3 Å². The zero-order chi connectivity index (χ0) is 26.5. The average molecular weight is 527 g/mol. The molecule has 1 unspecified atom stereocenters. The topological polar surface area (TPSA) is 76.1 Å². The Kier molecular flexibility index (Phi) is 8.63. The molecule has 1 amide bonds. The average Bonchev–Trinajstić information content (AvgIpc) is 2.88. The highest BCUT2D eigenvalue weighted by Crippen LogP contribution is 2.25. The Morgan fingerprint density at radius 1 is 1.08 bits per heavy atom. The van der Waals surface area contributed by atoms with Crippen molar-refractivity contribution >= 4 is 23.5 Å². The van der Waals surface area contributed by atoms with Crippen molar-refractivity contribution in [1.82, 2.24) is 20.0 Å². The highest BCUT2D eigenvalue weighted by molar-refractivity contribution is 6.33. The molecule has 1 atom stereocenters. The van der Waals surface area contributed by atoms with Crippen LogP contribution in [0.1, 0.15) is 35.3 Å². The van der Waals surface area contributed by atoms with Gasteiger partial charge < -0.3 is 15.3 Å². The number of nitrogens with one attached hydrogen (secondary N) is 1. The Morgan fingerprint density at radius 2 is 1.76 bits per heavy atom. The van der Waals surface area contributed by atoms with Crippen LogP contribution in [0.3, 0.4) is 0 Å². The normalized spacial score (nSPS) is 18.7. The van der Waals surface area contributed by atoms with E-state index in [0.717, 1.165) is 43.9 Å². The van der Waals surface area contributed by atoms with Gasteiger partial charge in [0.2, 0.25) is 0 Å². The first-order chi connectivity index (χ1) is 17.7. The molecule has 2 aromatic carbocycles. The fraction of sp³-hybridized carbons (Fsp3) is 0.357. The molecule has 0 aromatic heterocycles. The van der Waals surface area contributed by atoms with E-state index < -0.39 is 17.7 Å². The summed E-state index contributed by atoms with van der Waals surface area (Å²) in [7, 11) is 0. The second-order valence-electron chi connectivity index (χ2n) is 9.59. The second kappa shape index (κ2) is 11.9. The van der Waals surface area contributed by atoms with Crippen molar-refractivity contribution in [2.45, 2.75) is 39.1 Å². The minimum atomic E-state index is -0.879. The number of rotatable bonds is 8. The molecular formula is C28H32ClFN4O3. The largest absolute Gasteiger partial charge is 0.478 e. The Bertz CT molecular complexity index is 1170. The van der Waals surface area contributed by atoms with Gasteiger partial charge in [-0.3, -0.25) is 14.6 Å². The quantitative estimate of drug-likeness (QED) is 0.539. The summed E-state index contributed by atoms with van der Waals surface area (Å²) in [6.07, 6.45) is 5.22. The Balaban J connectivity index is 1.30. The van der Waals surface area contributed by atoms with E-state index in [9.17, 15) is 19.1 Å². The van der Waals surface area contributed by atoms with Crippen molar-refractivity contribution in [3.63, 3.8) is 0 Å². The maximum atomic E-state index is 14.0. The van der Waals surface area contributed by atoms with E-state index in [4.69, 9.17) is 11.6 Å². The highest BCUT2D eigenvalue weighted by atomic mass is 35.5. The van der Waals surface area contributed by atoms with E-state index in [1.165, 1.54) is 18.2 Å². The fourth-order valence-electron chi connectivity index (χ4n) is 4.77. The number of nitrogens with zero attached hydrogens (tertiary/aromatic N) is 3. The standard InChI is InChI=1S/C28H32ClFN4O3/c1-19(2)34-12-4-5-22(28(36)37)27(34)33-15-13-32(14-16-33)18-21-10-8-20(9-11-21)17-31-26(35)25-23(29)6-3-7-24(25)30/h3-12,19,27H,13-18H2,1-2H3,(H,31,35)(H,36,37). The summed E-state index contributed by atoms with van der Waals surface area (Å²) >= 11 is 5.97. The minimum Gasteiger partial charge on any atom is -0.478 e. The third-order valence-corrected chi connectivity index (χ3v) is 7.08. The van der Waals surface area contributed by atoms with Gasteiger partial charge in [0.15, 0.2) is 0 Å². The monoisotopic (exact) mass is 526 g/mol. The molecule has 7 nitrogen and oxygen atoms in total. The smallest absolute Gasteiger partial charge is 0.335 e. The molecule has 2 N–H and O–H groups in total. The molecule has 1 fully saturated rings. The number of halogens is 2. The molecular weight excluding hydrogens is 495 g/mol. The SMILES string of the molecule is CC(C)N1C=CC=C(C(=O)O)C1N1CCN(Cc2ccc(CNC(=O)c3c(F)cccc3Cl)cc2)CC1. The van der Waals surface area contributed by atoms with Gasteiger partial charge in [0, 0.05) is 51.5 Å². The van der Waals surface area contributed by atoms with Crippen LogP contribution in [0.5, 0.6) is 0 Å². The van der Waals surface area contributed by atoms with Gasteiger partial charge in [-0.1, -0.05) is 41.9 Å². The van der Waals surface area contributed by atoms with Crippen LogP contribution in [-0.4, -0.2) is 70.1 Å². The number of allylic oxidation sites excluding steroid dienone is 2. The molecule has 196 valence electrons. The number of carboxylic acid groups (broad SMARTS) is 1. The van der Waals surface area contributed by atoms with Crippen LogP contribution in [0.25, 0.3) is 0 Å². The van der Waals surface area contributed by atoms with Gasteiger partial charge in [0.05, 0.1) is 16.2 Å². The fourth-order valence-corrected chi connectivity index (χ4v) is 5.02. The lowest BCUT2D eigenvalue weighted by Crippen LogP contribution is -2.57. The molecule has 0 aliphatic carbocycles. The third kappa shape index (κ3) is 6.39. The molecule has 2 heterocycles. The Morgan fingerprint density at radius 3 is 2.38 bits per heavy atom. The summed E-state index contributed by atoms with van der Waals surface area (Å²) in [4.78, 5) is 30.9. The van der Waals surface area contributed by atoms with Crippen LogP contribution in [0, 0.1) is 5.82 Å². The third-order valence-electron chi connectivity index (χ3n) is 6.76. The van der Waals surface area contributed by atoms with Crippen LogP contribution in [-0.2, 0) is 17.9 Å². The van der Waals surface area contributed by atoms with Crippen LogP contribution in [0.15, 0.2) is 66.4 Å². The zero-order valence-corrected chi connectivity index (χ0v) is 21.8. The summed E-state index contributed by atoms with van der Waals surface area (Å²) in [5.41, 5.74) is 2.31. The number of amides is 1. The van der Waals surface area contributed by atoms with Crippen LogP contribution >= 0.6 is 11.6 Å². The number of carbonyl (C=O) groups excluding carboxylic acids is 1. The maximum absolute atomic E-state index is 14.0. The predicted octanol–water partition coefficient (Wildman–Crippen LogP) is 4.10. The summed E-state index contributed by atoms with van der Waals surface area (Å²) < 4.78 is 14.0. The first-order valence-corrected chi connectivity index (χ1v) is 12.8. The molecule has 37 heavy (non-hydrogen) atoms. The molecule has 0 spiro atoms. The predicted molar refractivity (Wildman–Crippen MR) is 141 cm³/mol. The van der Waals surface area contributed by atoms with Gasteiger partial charge in [0.1, 0.15) is 12.0 Å². The number of hydrogen-bond acceptors (Lipinski definition) is 5. The summed E-state index contributed by atoms with van der Waals surface area (Å²) in [5, 5.41) is 12.6. The van der Waals surface area contributed by atoms with Crippen molar-refractivity contribution in [1.29, 1.82) is 0 Å². The molecule has 4 rings (SSSR count). The molecule has 9 heteroatoms. The number of benzene rings is 2. The van der Waals surface area contributed by atoms with Crippen molar-refractivity contribution < 1.29 is 19.1 Å². The molecule has 1 saturated heterocycles.